The van der Waals surface area contributed by atoms with E-state index in [2.05, 4.69) is 0 Å². The van der Waals surface area contributed by atoms with Crippen molar-refractivity contribution in [3.63, 3.8) is 0 Å². The van der Waals surface area contributed by atoms with Crippen LogP contribution in [-0.2, 0) is 0 Å². The van der Waals surface area contributed by atoms with Crippen LogP contribution in [0.4, 0.5) is 0 Å². The monoisotopic (exact) mass is 238 g/mol. The first-order valence-electron chi connectivity index (χ1n) is 5.40. The number of amides is 1. The zero-order chi connectivity index (χ0) is 13.1. The van der Waals surface area contributed by atoms with Gasteiger partial charge < -0.3 is 10.8 Å². The second-order valence-corrected chi connectivity index (χ2v) is 3.88. The Hall–Kier alpha value is -2.55. The van der Waals surface area contributed by atoms with Crippen molar-refractivity contribution in [2.24, 2.45) is 5.73 Å². The zero-order valence-electron chi connectivity index (χ0n) is 9.63. The lowest BCUT2D eigenvalue weighted by molar-refractivity contribution is 0.100. The largest absolute Gasteiger partial charge is 0.507 e. The predicted octanol–water partition coefficient (Wildman–Crippen LogP) is 2.36. The third-order valence-electron chi connectivity index (χ3n) is 2.65. The number of rotatable bonds is 3. The number of nitrogens with two attached hydrogens (primary N) is 1. The fourth-order valence-corrected chi connectivity index (χ4v) is 1.70. The van der Waals surface area contributed by atoms with E-state index in [1.54, 1.807) is 48.5 Å². The number of hydrogen-bond donors (Lipinski definition) is 2. The maximum Gasteiger partial charge on any atom is 0.248 e. The average Bonchev–Trinajstić information content (AvgIpc) is 2.38. The Morgan fingerprint density at radius 2 is 1.72 bits per heavy atom. The summed E-state index contributed by atoms with van der Waals surface area (Å²) >= 11 is 0. The molecular weight excluding hydrogens is 226 g/mol. The van der Waals surface area contributed by atoms with E-state index in [0.717, 1.165) is 0 Å². The van der Waals surface area contributed by atoms with Crippen LogP contribution in [0.5, 0.6) is 5.75 Å². The molecule has 0 atom stereocenters. The molecule has 18 heavy (non-hydrogen) atoms. The Morgan fingerprint density at radius 1 is 1.06 bits per heavy atom. The van der Waals surface area contributed by atoms with Crippen LogP contribution in [0, 0.1) is 6.58 Å². The molecule has 3 N–H and O–H groups in total. The van der Waals surface area contributed by atoms with Crippen molar-refractivity contribution >= 4 is 11.5 Å². The van der Waals surface area contributed by atoms with E-state index >= 15 is 0 Å². The highest BCUT2D eigenvalue weighted by atomic mass is 16.3. The van der Waals surface area contributed by atoms with E-state index in [1.165, 1.54) is 0 Å². The van der Waals surface area contributed by atoms with Gasteiger partial charge in [0.05, 0.1) is 0 Å². The summed E-state index contributed by atoms with van der Waals surface area (Å²) in [4.78, 5) is 11.1. The summed E-state index contributed by atoms with van der Waals surface area (Å²) in [6, 6.07) is 13.4. The molecule has 0 aliphatic heterocycles. The molecular formula is C15H12NO2. The normalized spacial score (nSPS) is 10.0. The second kappa shape index (κ2) is 4.75. The highest BCUT2D eigenvalue weighted by Crippen LogP contribution is 2.28. The van der Waals surface area contributed by atoms with Crippen LogP contribution in [0.3, 0.4) is 0 Å². The first kappa shape index (κ1) is 11.9. The molecule has 3 nitrogen and oxygen atoms in total. The number of para-hydroxylation sites is 1. The second-order valence-electron chi connectivity index (χ2n) is 3.88. The maximum absolute atomic E-state index is 11.1. The van der Waals surface area contributed by atoms with Gasteiger partial charge in [0.15, 0.2) is 0 Å². The van der Waals surface area contributed by atoms with Crippen molar-refractivity contribution in [3.05, 3.63) is 71.8 Å². The van der Waals surface area contributed by atoms with Crippen LogP contribution in [0.25, 0.3) is 5.57 Å². The van der Waals surface area contributed by atoms with Crippen molar-refractivity contribution in [1.82, 2.24) is 0 Å². The number of hydrogen-bond acceptors (Lipinski definition) is 2. The van der Waals surface area contributed by atoms with Crippen molar-refractivity contribution in [1.29, 1.82) is 0 Å². The van der Waals surface area contributed by atoms with Gasteiger partial charge >= 0.3 is 0 Å². The van der Waals surface area contributed by atoms with Crippen LogP contribution in [0.15, 0.2) is 48.5 Å². The van der Waals surface area contributed by atoms with Crippen LogP contribution in [0.2, 0.25) is 0 Å². The minimum atomic E-state index is -0.512. The first-order chi connectivity index (χ1) is 8.59. The molecule has 0 fully saturated rings. The van der Waals surface area contributed by atoms with Crippen molar-refractivity contribution in [3.8, 4) is 5.75 Å². The van der Waals surface area contributed by atoms with Crippen molar-refractivity contribution in [2.45, 2.75) is 0 Å². The molecule has 89 valence electrons. The van der Waals surface area contributed by atoms with Crippen LogP contribution in [0.1, 0.15) is 21.5 Å². The fourth-order valence-electron chi connectivity index (χ4n) is 1.70. The number of phenols is 1. The van der Waals surface area contributed by atoms with Gasteiger partial charge in [0.1, 0.15) is 5.75 Å². The third kappa shape index (κ3) is 2.25. The number of primary amides is 1. The lowest BCUT2D eigenvalue weighted by Gasteiger charge is -2.08. The number of aromatic hydroxyl groups is 1. The summed E-state index contributed by atoms with van der Waals surface area (Å²) in [5.41, 5.74) is 7.17. The third-order valence-corrected chi connectivity index (χ3v) is 2.65. The Bertz CT molecular complexity index is 617. The molecule has 0 spiro atoms. The van der Waals surface area contributed by atoms with E-state index in [0.29, 0.717) is 22.3 Å². The Morgan fingerprint density at radius 3 is 2.39 bits per heavy atom. The highest BCUT2D eigenvalue weighted by Gasteiger charge is 2.08. The standard InChI is InChI=1S/C15H12NO2/c1-10(13-7-2-3-8-14(13)17)11-5-4-6-12(9-11)15(16)18/h1-9,17H,(H2,16,18). The minimum Gasteiger partial charge on any atom is -0.507 e. The fraction of sp³-hybridized carbons (Fsp3) is 0. The summed E-state index contributed by atoms with van der Waals surface area (Å²) in [5, 5.41) is 9.73. The molecule has 0 unspecified atom stereocenters. The molecule has 0 heterocycles. The molecule has 3 heteroatoms. The maximum atomic E-state index is 11.1. The van der Waals surface area contributed by atoms with Gasteiger partial charge in [-0.2, -0.15) is 0 Å². The molecule has 1 amide bonds. The average molecular weight is 238 g/mol. The van der Waals surface area contributed by atoms with Gasteiger partial charge in [0.2, 0.25) is 5.91 Å². The first-order valence-corrected chi connectivity index (χ1v) is 5.40. The van der Waals surface area contributed by atoms with Gasteiger partial charge in [-0.05, 0) is 29.3 Å². The van der Waals surface area contributed by atoms with Gasteiger partial charge in [-0.3, -0.25) is 4.79 Å². The lowest BCUT2D eigenvalue weighted by Crippen LogP contribution is -2.10. The number of benzene rings is 2. The quantitative estimate of drug-likeness (QED) is 0.862. The van der Waals surface area contributed by atoms with Crippen LogP contribution in [-0.4, -0.2) is 11.0 Å². The van der Waals surface area contributed by atoms with Gasteiger partial charge in [-0.1, -0.05) is 36.9 Å². The van der Waals surface area contributed by atoms with Gasteiger partial charge in [-0.25, -0.2) is 0 Å². The van der Waals surface area contributed by atoms with E-state index in [9.17, 15) is 9.90 Å². The van der Waals surface area contributed by atoms with Crippen molar-refractivity contribution < 1.29 is 9.90 Å². The minimum absolute atomic E-state index is 0.0967. The molecule has 0 aliphatic rings. The van der Waals surface area contributed by atoms with Gasteiger partial charge in [0.25, 0.3) is 0 Å². The SMILES string of the molecule is [CH]=C(c1cccc(C(N)=O)c1)c1ccccc1O. The number of phenolic OH excluding ortho intramolecular Hbond substituents is 1. The summed E-state index contributed by atoms with van der Waals surface area (Å²) in [5.74, 6) is -0.415. The van der Waals surface area contributed by atoms with E-state index < -0.39 is 5.91 Å². The molecule has 2 aromatic carbocycles. The zero-order valence-corrected chi connectivity index (χ0v) is 9.63. The molecule has 0 bridgehead atoms. The van der Waals surface area contributed by atoms with Gasteiger partial charge in [0, 0.05) is 11.1 Å². The highest BCUT2D eigenvalue weighted by molar-refractivity contribution is 5.94. The predicted molar refractivity (Wildman–Crippen MR) is 69.9 cm³/mol. The lowest BCUT2D eigenvalue weighted by atomic mass is 9.97. The topological polar surface area (TPSA) is 63.3 Å². The summed E-state index contributed by atoms with van der Waals surface area (Å²) in [7, 11) is 0. The summed E-state index contributed by atoms with van der Waals surface area (Å²) in [6.07, 6.45) is 0. The Balaban J connectivity index is 2.44. The summed E-state index contributed by atoms with van der Waals surface area (Å²) < 4.78 is 0. The molecule has 0 saturated carbocycles. The van der Waals surface area contributed by atoms with Crippen LogP contribution >= 0.6 is 0 Å². The molecule has 2 rings (SSSR count). The van der Waals surface area contributed by atoms with E-state index in [-0.39, 0.29) is 5.75 Å². The van der Waals surface area contributed by atoms with Gasteiger partial charge in [-0.15, -0.1) is 0 Å². The molecule has 0 saturated heterocycles. The molecule has 2 aromatic rings. The molecule has 0 aromatic heterocycles. The van der Waals surface area contributed by atoms with E-state index in [4.69, 9.17) is 12.3 Å². The number of carbonyl (C=O) groups excluding carboxylic acids is 1. The van der Waals surface area contributed by atoms with Crippen molar-refractivity contribution in [2.75, 3.05) is 0 Å². The van der Waals surface area contributed by atoms with E-state index in [1.807, 2.05) is 0 Å². The smallest absolute Gasteiger partial charge is 0.248 e. The Labute approximate surface area is 105 Å². The number of carbonyl (C=O) groups is 1. The summed E-state index contributed by atoms with van der Waals surface area (Å²) in [6.45, 7) is 5.99. The molecule has 0 aliphatic carbocycles. The molecule has 1 radical (unpaired) electrons. The Kier molecular flexibility index (Phi) is 3.15. The van der Waals surface area contributed by atoms with Crippen LogP contribution < -0.4 is 5.73 Å².